The zero-order valence-corrected chi connectivity index (χ0v) is 15.4. The molecule has 0 aliphatic heterocycles. The van der Waals surface area contributed by atoms with Gasteiger partial charge in [0, 0.05) is 6.54 Å². The van der Waals surface area contributed by atoms with E-state index >= 15 is 0 Å². The minimum Gasteiger partial charge on any atom is -0.506 e. The van der Waals surface area contributed by atoms with Gasteiger partial charge >= 0.3 is 0 Å². The zero-order valence-electron chi connectivity index (χ0n) is 15.4. The van der Waals surface area contributed by atoms with Gasteiger partial charge < -0.3 is 15.7 Å². The van der Waals surface area contributed by atoms with Gasteiger partial charge in [-0.15, -0.1) is 0 Å². The molecule has 1 aromatic carbocycles. The molecule has 0 bridgehead atoms. The van der Waals surface area contributed by atoms with Crippen molar-refractivity contribution in [1.82, 2.24) is 10.3 Å². The van der Waals surface area contributed by atoms with Crippen LogP contribution in [-0.2, 0) is 4.79 Å². The van der Waals surface area contributed by atoms with Crippen molar-refractivity contribution in [1.29, 1.82) is 5.26 Å². The quantitative estimate of drug-likeness (QED) is 0.689. The topological polar surface area (TPSA) is 98.0 Å². The minimum atomic E-state index is -0.531. The molecular formula is C22H22N4O2. The summed E-state index contributed by atoms with van der Waals surface area (Å²) in [6.07, 6.45) is 8.77. The summed E-state index contributed by atoms with van der Waals surface area (Å²) in [5, 5.41) is 24.4. The molecule has 6 heteroatoms. The van der Waals surface area contributed by atoms with Crippen molar-refractivity contribution in [2.45, 2.75) is 18.9 Å². The Morgan fingerprint density at radius 2 is 2.11 bits per heavy atom. The van der Waals surface area contributed by atoms with Crippen LogP contribution in [0.25, 0.3) is 0 Å². The van der Waals surface area contributed by atoms with Crippen molar-refractivity contribution in [3.63, 3.8) is 0 Å². The number of allylic oxidation sites excluding steroid dienone is 3. The molecule has 1 amide bonds. The van der Waals surface area contributed by atoms with Gasteiger partial charge in [0.2, 0.25) is 5.91 Å². The molecule has 2 aromatic rings. The van der Waals surface area contributed by atoms with E-state index in [1.54, 1.807) is 6.07 Å². The highest BCUT2D eigenvalue weighted by atomic mass is 16.3. The van der Waals surface area contributed by atoms with E-state index in [4.69, 9.17) is 5.26 Å². The van der Waals surface area contributed by atoms with Gasteiger partial charge in [0.1, 0.15) is 17.6 Å². The van der Waals surface area contributed by atoms with Crippen LogP contribution in [0.1, 0.15) is 24.4 Å². The number of amides is 1. The molecule has 28 heavy (non-hydrogen) atoms. The number of rotatable bonds is 7. The maximum atomic E-state index is 12.8. The van der Waals surface area contributed by atoms with Crippen molar-refractivity contribution in [3.8, 4) is 11.8 Å². The van der Waals surface area contributed by atoms with Crippen molar-refractivity contribution < 1.29 is 9.90 Å². The Balaban J connectivity index is 1.63. The number of pyridine rings is 1. The maximum Gasteiger partial charge on any atom is 0.247 e. The number of carbonyl (C=O) groups is 1. The maximum absolute atomic E-state index is 12.8. The molecule has 1 aromatic heterocycles. The number of nitrogens with zero attached hydrogens (tertiary/aromatic N) is 2. The Morgan fingerprint density at radius 1 is 1.29 bits per heavy atom. The molecule has 0 saturated heterocycles. The van der Waals surface area contributed by atoms with E-state index in [9.17, 15) is 9.90 Å². The first kappa shape index (κ1) is 19.3. The monoisotopic (exact) mass is 374 g/mol. The second-order valence-corrected chi connectivity index (χ2v) is 6.55. The zero-order chi connectivity index (χ0) is 19.8. The third-order valence-corrected chi connectivity index (χ3v) is 4.50. The first-order chi connectivity index (χ1) is 13.7. The predicted octanol–water partition coefficient (Wildman–Crippen LogP) is 3.47. The van der Waals surface area contributed by atoms with E-state index < -0.39 is 6.04 Å². The Labute approximate surface area is 164 Å². The second-order valence-electron chi connectivity index (χ2n) is 6.55. The molecule has 2 atom stereocenters. The summed E-state index contributed by atoms with van der Waals surface area (Å²) < 4.78 is 0. The Bertz CT molecular complexity index is 898. The summed E-state index contributed by atoms with van der Waals surface area (Å²) in [4.78, 5) is 16.8. The molecule has 0 saturated carbocycles. The predicted molar refractivity (Wildman–Crippen MR) is 107 cm³/mol. The lowest BCUT2D eigenvalue weighted by Gasteiger charge is -2.19. The van der Waals surface area contributed by atoms with E-state index in [0.29, 0.717) is 12.4 Å². The summed E-state index contributed by atoms with van der Waals surface area (Å²) in [5.74, 6) is 0.161. The third kappa shape index (κ3) is 5.29. The molecule has 0 radical (unpaired) electrons. The lowest BCUT2D eigenvalue weighted by molar-refractivity contribution is -0.118. The van der Waals surface area contributed by atoms with Crippen molar-refractivity contribution in [2.75, 3.05) is 11.9 Å². The van der Waals surface area contributed by atoms with Gasteiger partial charge in [-0.1, -0.05) is 54.1 Å². The Hall–Kier alpha value is -3.43. The van der Waals surface area contributed by atoms with Crippen molar-refractivity contribution in [3.05, 3.63) is 78.0 Å². The summed E-state index contributed by atoms with van der Waals surface area (Å²) in [6, 6.07) is 14.2. The van der Waals surface area contributed by atoms with Gasteiger partial charge in [0.05, 0.1) is 18.2 Å². The molecular weight excluding hydrogens is 352 g/mol. The van der Waals surface area contributed by atoms with Crippen LogP contribution in [0.3, 0.4) is 0 Å². The number of aromatic hydroxyl groups is 1. The van der Waals surface area contributed by atoms with E-state index in [-0.39, 0.29) is 17.6 Å². The molecule has 0 fully saturated rings. The van der Waals surface area contributed by atoms with E-state index in [0.717, 1.165) is 24.0 Å². The summed E-state index contributed by atoms with van der Waals surface area (Å²) in [5.41, 5.74) is 2.02. The SMILES string of the molecule is N#CC1C=CC(CCNC(C(=O)Nc2ccc(O)cn2)c2ccccc2)=CC1. The van der Waals surface area contributed by atoms with Gasteiger partial charge in [0.15, 0.2) is 0 Å². The first-order valence-corrected chi connectivity index (χ1v) is 9.17. The van der Waals surface area contributed by atoms with Crippen LogP contribution in [0.2, 0.25) is 0 Å². The molecule has 1 aliphatic rings. The van der Waals surface area contributed by atoms with E-state index in [1.807, 2.05) is 42.5 Å². The molecule has 1 aliphatic carbocycles. The Morgan fingerprint density at radius 3 is 2.75 bits per heavy atom. The second kappa shape index (κ2) is 9.49. The highest BCUT2D eigenvalue weighted by Crippen LogP contribution is 2.19. The van der Waals surface area contributed by atoms with Crippen LogP contribution >= 0.6 is 0 Å². The summed E-state index contributed by atoms with van der Waals surface area (Å²) in [7, 11) is 0. The number of nitriles is 1. The largest absolute Gasteiger partial charge is 0.506 e. The molecule has 2 unspecified atom stereocenters. The normalized spacial score (nSPS) is 16.7. The number of hydrogen-bond acceptors (Lipinski definition) is 5. The fourth-order valence-electron chi connectivity index (χ4n) is 2.97. The standard InChI is InChI=1S/C22H22N4O2/c23-14-17-8-6-16(7-9-17)12-13-24-21(18-4-2-1-3-5-18)22(28)26-20-11-10-19(27)15-25-20/h1-8,10-11,15,17,21,24,27H,9,12-13H2,(H,25,26,28). The first-order valence-electron chi connectivity index (χ1n) is 9.17. The molecule has 6 nitrogen and oxygen atoms in total. The van der Waals surface area contributed by atoms with Crippen LogP contribution in [0.5, 0.6) is 5.75 Å². The number of anilines is 1. The Kier molecular flexibility index (Phi) is 6.55. The lowest BCUT2D eigenvalue weighted by Crippen LogP contribution is -2.34. The van der Waals surface area contributed by atoms with Gasteiger partial charge in [-0.2, -0.15) is 5.26 Å². The average Bonchev–Trinajstić information content (AvgIpc) is 2.74. The molecule has 3 N–H and O–H groups in total. The molecule has 3 rings (SSSR count). The van der Waals surface area contributed by atoms with Crippen LogP contribution in [-0.4, -0.2) is 22.5 Å². The van der Waals surface area contributed by atoms with Gasteiger partial charge in [0.25, 0.3) is 0 Å². The lowest BCUT2D eigenvalue weighted by atomic mass is 9.96. The number of hydrogen-bond donors (Lipinski definition) is 3. The molecule has 142 valence electrons. The van der Waals surface area contributed by atoms with Gasteiger partial charge in [-0.3, -0.25) is 4.79 Å². The van der Waals surface area contributed by atoms with Gasteiger partial charge in [-0.05, 0) is 30.5 Å². The van der Waals surface area contributed by atoms with Crippen LogP contribution in [0, 0.1) is 17.2 Å². The van der Waals surface area contributed by atoms with Crippen LogP contribution in [0.4, 0.5) is 5.82 Å². The average molecular weight is 374 g/mol. The fourth-order valence-corrected chi connectivity index (χ4v) is 2.97. The van der Waals surface area contributed by atoms with Crippen LogP contribution < -0.4 is 10.6 Å². The van der Waals surface area contributed by atoms with Crippen molar-refractivity contribution >= 4 is 11.7 Å². The third-order valence-electron chi connectivity index (χ3n) is 4.50. The fraction of sp³-hybridized carbons (Fsp3) is 0.227. The summed E-state index contributed by atoms with van der Waals surface area (Å²) >= 11 is 0. The number of nitrogens with one attached hydrogen (secondary N) is 2. The molecule has 0 spiro atoms. The number of benzene rings is 1. The van der Waals surface area contributed by atoms with Crippen molar-refractivity contribution in [2.24, 2.45) is 5.92 Å². The smallest absolute Gasteiger partial charge is 0.247 e. The van der Waals surface area contributed by atoms with E-state index in [2.05, 4.69) is 27.8 Å². The summed E-state index contributed by atoms with van der Waals surface area (Å²) in [6.45, 7) is 0.614. The highest BCUT2D eigenvalue weighted by Gasteiger charge is 2.20. The van der Waals surface area contributed by atoms with E-state index in [1.165, 1.54) is 12.3 Å². The number of carbonyl (C=O) groups excluding carboxylic acids is 1. The minimum absolute atomic E-state index is 0.0441. The van der Waals surface area contributed by atoms with Gasteiger partial charge in [-0.25, -0.2) is 4.98 Å². The number of aromatic nitrogens is 1. The van der Waals surface area contributed by atoms with Crippen LogP contribution in [0.15, 0.2) is 72.5 Å². The molecule has 1 heterocycles. The highest BCUT2D eigenvalue weighted by molar-refractivity contribution is 5.94.